The molecule has 1 rings (SSSR count). The lowest BCUT2D eigenvalue weighted by molar-refractivity contribution is -0.704. The van der Waals surface area contributed by atoms with Gasteiger partial charge in [-0.15, -0.1) is 0 Å². The number of hydrogen-bond donors (Lipinski definition) is 0. The van der Waals surface area contributed by atoms with Crippen molar-refractivity contribution in [3.05, 3.63) is 18.2 Å². The molecule has 0 saturated carbocycles. The predicted molar refractivity (Wildman–Crippen MR) is 184 cm³/mol. The summed E-state index contributed by atoms with van der Waals surface area (Å²) >= 11 is 0. The van der Waals surface area contributed by atoms with Crippen LogP contribution in [0, 0.1) is 0 Å². The maximum absolute atomic E-state index is 2.59. The van der Waals surface area contributed by atoms with Crippen LogP contribution in [0.5, 0.6) is 0 Å². The van der Waals surface area contributed by atoms with E-state index in [0.29, 0.717) is 6.04 Å². The molecule has 0 aliphatic carbocycles. The van der Waals surface area contributed by atoms with E-state index in [4.69, 9.17) is 0 Å². The van der Waals surface area contributed by atoms with Gasteiger partial charge in [0.2, 0.25) is 0 Å². The molecule has 0 unspecified atom stereocenters. The van der Waals surface area contributed by atoms with E-state index in [1.165, 1.54) is 199 Å². The molecule has 0 bridgehead atoms. The number of rotatable bonds is 32. The molecule has 0 spiro atoms. The van der Waals surface area contributed by atoms with Crippen molar-refractivity contribution in [3.63, 3.8) is 0 Å². The van der Waals surface area contributed by atoms with E-state index in [1.54, 1.807) is 5.82 Å². The first kappa shape index (κ1) is 38.2. The lowest BCUT2D eigenvalue weighted by atomic mass is 10.0. The molecular weight excluding hydrogens is 496 g/mol. The normalized spacial score (nSPS) is 11.7. The summed E-state index contributed by atoms with van der Waals surface area (Å²) in [5, 5.41) is 0. The first-order chi connectivity index (χ1) is 20.2. The van der Waals surface area contributed by atoms with Crippen molar-refractivity contribution in [2.45, 2.75) is 233 Å². The zero-order valence-corrected chi connectivity index (χ0v) is 29.0. The van der Waals surface area contributed by atoms with Gasteiger partial charge in [0.05, 0.1) is 12.6 Å². The second-order valence-corrected chi connectivity index (χ2v) is 13.7. The number of imidazole rings is 1. The van der Waals surface area contributed by atoms with Gasteiger partial charge in [0.15, 0.2) is 0 Å². The molecule has 0 amide bonds. The van der Waals surface area contributed by atoms with Crippen LogP contribution in [-0.4, -0.2) is 4.57 Å². The van der Waals surface area contributed by atoms with Gasteiger partial charge in [-0.25, -0.2) is 9.13 Å². The maximum atomic E-state index is 2.59. The van der Waals surface area contributed by atoms with Crippen LogP contribution in [-0.2, 0) is 13.0 Å². The molecule has 0 aromatic carbocycles. The maximum Gasteiger partial charge on any atom is 0.256 e. The average Bonchev–Trinajstić information content (AvgIpc) is 3.38. The Hall–Kier alpha value is -0.790. The molecule has 0 N–H and O–H groups in total. The van der Waals surface area contributed by atoms with E-state index < -0.39 is 0 Å². The summed E-state index contributed by atoms with van der Waals surface area (Å²) in [6.45, 7) is 10.5. The van der Waals surface area contributed by atoms with Crippen LogP contribution in [0.2, 0.25) is 0 Å². The Morgan fingerprint density at radius 1 is 0.463 bits per heavy atom. The second kappa shape index (κ2) is 29.3. The Labute approximate surface area is 259 Å². The standard InChI is InChI=1S/C39H77N2/c1-5-7-9-11-13-15-17-19-21-23-25-27-29-31-33-35-40-36-37-41(38(3)4)39(40)34-32-30-28-26-24-22-20-18-16-14-12-10-8-6-2/h36-38H,5-35H2,1-4H3/q+1. The highest BCUT2D eigenvalue weighted by atomic mass is 15.2. The fraction of sp³-hybridized carbons (Fsp3) is 0.923. The fourth-order valence-electron chi connectivity index (χ4n) is 6.55. The summed E-state index contributed by atoms with van der Waals surface area (Å²) in [5.41, 5.74) is 0. The van der Waals surface area contributed by atoms with E-state index in [1.807, 2.05) is 0 Å². The third-order valence-electron chi connectivity index (χ3n) is 9.35. The quantitative estimate of drug-likeness (QED) is 0.0598. The summed E-state index contributed by atoms with van der Waals surface area (Å²) < 4.78 is 5.12. The number of hydrogen-bond acceptors (Lipinski definition) is 0. The highest BCUT2D eigenvalue weighted by Crippen LogP contribution is 2.16. The average molecular weight is 574 g/mol. The Balaban J connectivity index is 2.04. The first-order valence-corrected chi connectivity index (χ1v) is 19.3. The monoisotopic (exact) mass is 574 g/mol. The Bertz CT molecular complexity index is 646. The van der Waals surface area contributed by atoms with Crippen molar-refractivity contribution in [2.75, 3.05) is 0 Å². The van der Waals surface area contributed by atoms with Gasteiger partial charge >= 0.3 is 0 Å². The smallest absolute Gasteiger partial charge is 0.234 e. The SMILES string of the molecule is CCCCCCCCCCCCCCCCC[n+]1ccn(C(C)C)c1CCCCCCCCCCCCCCCC. The fourth-order valence-corrected chi connectivity index (χ4v) is 6.55. The molecule has 2 heteroatoms. The molecule has 2 nitrogen and oxygen atoms in total. The van der Waals surface area contributed by atoms with E-state index in [-0.39, 0.29) is 0 Å². The lowest BCUT2D eigenvalue weighted by Gasteiger charge is -2.08. The minimum absolute atomic E-state index is 0.568. The molecule has 1 heterocycles. The third kappa shape index (κ3) is 22.4. The Morgan fingerprint density at radius 2 is 0.780 bits per heavy atom. The molecule has 1 aromatic heterocycles. The Morgan fingerprint density at radius 3 is 1.12 bits per heavy atom. The minimum atomic E-state index is 0.568. The largest absolute Gasteiger partial charge is 0.256 e. The minimum Gasteiger partial charge on any atom is -0.234 e. The summed E-state index contributed by atoms with van der Waals surface area (Å²) in [6.07, 6.45) is 47.7. The number of unbranched alkanes of at least 4 members (excludes halogenated alkanes) is 27. The van der Waals surface area contributed by atoms with Gasteiger partial charge in [0.1, 0.15) is 12.4 Å². The number of aromatic nitrogens is 2. The zero-order chi connectivity index (χ0) is 29.6. The van der Waals surface area contributed by atoms with Gasteiger partial charge in [0, 0.05) is 6.42 Å². The molecular formula is C39H77N2+. The van der Waals surface area contributed by atoms with Gasteiger partial charge in [-0.3, -0.25) is 0 Å². The molecule has 242 valence electrons. The van der Waals surface area contributed by atoms with Crippen molar-refractivity contribution in [3.8, 4) is 0 Å². The van der Waals surface area contributed by atoms with Crippen LogP contribution in [0.3, 0.4) is 0 Å². The molecule has 0 radical (unpaired) electrons. The molecule has 41 heavy (non-hydrogen) atoms. The van der Waals surface area contributed by atoms with Crippen molar-refractivity contribution in [1.29, 1.82) is 0 Å². The molecule has 0 fully saturated rings. The highest BCUT2D eigenvalue weighted by Gasteiger charge is 2.18. The predicted octanol–water partition coefficient (Wildman–Crippen LogP) is 13.3. The lowest BCUT2D eigenvalue weighted by Crippen LogP contribution is -2.37. The van der Waals surface area contributed by atoms with E-state index in [2.05, 4.69) is 49.2 Å². The third-order valence-corrected chi connectivity index (χ3v) is 9.35. The molecule has 0 saturated heterocycles. The van der Waals surface area contributed by atoms with E-state index in [0.717, 1.165) is 0 Å². The summed E-state index contributed by atoms with van der Waals surface area (Å²) in [5.74, 6) is 1.57. The van der Waals surface area contributed by atoms with Crippen LogP contribution in [0.25, 0.3) is 0 Å². The first-order valence-electron chi connectivity index (χ1n) is 19.3. The zero-order valence-electron chi connectivity index (χ0n) is 29.0. The highest BCUT2D eigenvalue weighted by molar-refractivity contribution is 4.86. The molecule has 0 atom stereocenters. The summed E-state index contributed by atoms with van der Waals surface area (Å²) in [4.78, 5) is 0. The van der Waals surface area contributed by atoms with Crippen molar-refractivity contribution < 1.29 is 4.57 Å². The van der Waals surface area contributed by atoms with Gasteiger partial charge in [-0.2, -0.15) is 0 Å². The van der Waals surface area contributed by atoms with Crippen LogP contribution in [0.15, 0.2) is 12.4 Å². The van der Waals surface area contributed by atoms with Crippen molar-refractivity contribution in [1.82, 2.24) is 4.57 Å². The van der Waals surface area contributed by atoms with Crippen LogP contribution >= 0.6 is 0 Å². The van der Waals surface area contributed by atoms with Gasteiger partial charge < -0.3 is 0 Å². The summed E-state index contributed by atoms with van der Waals surface area (Å²) in [6, 6.07) is 0.568. The number of nitrogens with zero attached hydrogens (tertiary/aromatic N) is 2. The van der Waals surface area contributed by atoms with Gasteiger partial charge in [-0.1, -0.05) is 181 Å². The summed E-state index contributed by atoms with van der Waals surface area (Å²) in [7, 11) is 0. The van der Waals surface area contributed by atoms with Crippen LogP contribution in [0.1, 0.15) is 226 Å². The molecule has 0 aliphatic rings. The van der Waals surface area contributed by atoms with Crippen molar-refractivity contribution >= 4 is 0 Å². The second-order valence-electron chi connectivity index (χ2n) is 13.7. The molecule has 1 aromatic rings. The Kier molecular flexibility index (Phi) is 27.3. The van der Waals surface area contributed by atoms with Crippen molar-refractivity contribution in [2.24, 2.45) is 0 Å². The topological polar surface area (TPSA) is 8.81 Å². The van der Waals surface area contributed by atoms with Gasteiger partial charge in [0.25, 0.3) is 5.82 Å². The molecule has 0 aliphatic heterocycles. The van der Waals surface area contributed by atoms with Gasteiger partial charge in [-0.05, 0) is 33.1 Å². The van der Waals surface area contributed by atoms with E-state index in [9.17, 15) is 0 Å². The number of aryl methyl sites for hydroxylation is 1. The van der Waals surface area contributed by atoms with Crippen LogP contribution in [0.4, 0.5) is 0 Å². The van der Waals surface area contributed by atoms with Crippen LogP contribution < -0.4 is 4.57 Å². The van der Waals surface area contributed by atoms with E-state index >= 15 is 0 Å².